The van der Waals surface area contributed by atoms with Gasteiger partial charge in [0.15, 0.2) is 0 Å². The van der Waals surface area contributed by atoms with E-state index in [9.17, 15) is 4.79 Å². The lowest BCUT2D eigenvalue weighted by Crippen LogP contribution is -2.27. The average molecular weight is 386 g/mol. The number of rotatable bonds is 3. The van der Waals surface area contributed by atoms with E-state index in [0.29, 0.717) is 16.6 Å². The van der Waals surface area contributed by atoms with Crippen molar-refractivity contribution in [2.45, 2.75) is 12.5 Å². The molecule has 0 aromatic heterocycles. The van der Waals surface area contributed by atoms with Crippen LogP contribution in [0.25, 0.3) is 0 Å². The molecule has 0 spiro atoms. The molecule has 0 aliphatic carbocycles. The second-order valence-electron chi connectivity index (χ2n) is 5.97. The molecule has 1 amide bonds. The van der Waals surface area contributed by atoms with Gasteiger partial charge in [-0.15, -0.1) is 0 Å². The van der Waals surface area contributed by atoms with Gasteiger partial charge in [-0.2, -0.15) is 10.1 Å². The van der Waals surface area contributed by atoms with Crippen LogP contribution in [0.1, 0.15) is 23.6 Å². The third kappa shape index (κ3) is 3.34. The molecule has 0 fully saturated rings. The van der Waals surface area contributed by atoms with Crippen LogP contribution in [-0.2, 0) is 0 Å². The number of hydrogen-bond donors (Lipinski definition) is 0. The predicted molar refractivity (Wildman–Crippen MR) is 105 cm³/mol. The fraction of sp³-hybridized carbons (Fsp3) is 0.211. The van der Waals surface area contributed by atoms with Crippen LogP contribution in [0.5, 0.6) is 5.75 Å². The molecule has 0 saturated heterocycles. The van der Waals surface area contributed by atoms with Gasteiger partial charge in [-0.1, -0.05) is 35.5 Å². The molecule has 2 aromatic rings. The number of amidine groups is 1. The number of hydrazone groups is 1. The maximum Gasteiger partial charge on any atom is 0.307 e. The Hall–Kier alpha value is -2.31. The summed E-state index contributed by atoms with van der Waals surface area (Å²) in [6.07, 6.45) is 0.728. The second kappa shape index (κ2) is 7.13. The summed E-state index contributed by atoms with van der Waals surface area (Å²) < 4.78 is 5.23. The molecule has 2 aliphatic rings. The van der Waals surface area contributed by atoms with Crippen molar-refractivity contribution >= 4 is 40.1 Å². The number of methoxy groups -OCH3 is 1. The van der Waals surface area contributed by atoms with Crippen molar-refractivity contribution in [2.24, 2.45) is 10.1 Å². The van der Waals surface area contributed by atoms with Gasteiger partial charge in [-0.25, -0.2) is 5.01 Å². The monoisotopic (exact) mass is 385 g/mol. The molecule has 1 atom stereocenters. The van der Waals surface area contributed by atoms with Crippen molar-refractivity contribution in [3.63, 3.8) is 0 Å². The van der Waals surface area contributed by atoms with Gasteiger partial charge in [0.2, 0.25) is 0 Å². The summed E-state index contributed by atoms with van der Waals surface area (Å²) in [5, 5.41) is 7.20. The Morgan fingerprint density at radius 3 is 2.50 bits per heavy atom. The van der Waals surface area contributed by atoms with E-state index >= 15 is 0 Å². The maximum absolute atomic E-state index is 11.6. The van der Waals surface area contributed by atoms with E-state index in [1.54, 1.807) is 7.11 Å². The summed E-state index contributed by atoms with van der Waals surface area (Å²) in [4.78, 5) is 15.7. The topological polar surface area (TPSA) is 54.3 Å². The molecular formula is C19H16ClN3O2S. The number of hydrogen-bond acceptors (Lipinski definition) is 5. The molecule has 0 radical (unpaired) electrons. The van der Waals surface area contributed by atoms with Gasteiger partial charge in [-0.3, -0.25) is 4.79 Å². The average Bonchev–Trinajstić information content (AvgIpc) is 3.29. The standard InChI is InChI=1S/C19H16ClN3O2S/c1-25-15-8-4-12(5-9-15)16-10-17(13-2-6-14(20)7-3-13)23(22-16)18-11-26-19(24)21-18/h2-9,17H,10-11H2,1H3. The molecule has 2 aliphatic heterocycles. The summed E-state index contributed by atoms with van der Waals surface area (Å²) in [5.41, 5.74) is 3.08. The Kier molecular flexibility index (Phi) is 4.70. The van der Waals surface area contributed by atoms with Crippen LogP contribution < -0.4 is 4.74 Å². The van der Waals surface area contributed by atoms with E-state index in [2.05, 4.69) is 4.99 Å². The molecule has 0 N–H and O–H groups in total. The first-order valence-electron chi connectivity index (χ1n) is 8.15. The summed E-state index contributed by atoms with van der Waals surface area (Å²) in [5.74, 6) is 2.05. The van der Waals surface area contributed by atoms with Gasteiger partial charge in [0.25, 0.3) is 0 Å². The molecule has 132 valence electrons. The summed E-state index contributed by atoms with van der Waals surface area (Å²) in [6, 6.07) is 15.6. The minimum atomic E-state index is -0.164. The molecule has 4 rings (SSSR count). The van der Waals surface area contributed by atoms with Crippen LogP contribution in [0.4, 0.5) is 4.79 Å². The molecule has 2 heterocycles. The van der Waals surface area contributed by atoms with Gasteiger partial charge < -0.3 is 4.74 Å². The van der Waals surface area contributed by atoms with E-state index < -0.39 is 0 Å². The molecule has 2 aromatic carbocycles. The summed E-state index contributed by atoms with van der Waals surface area (Å²) >= 11 is 7.23. The molecule has 0 saturated carbocycles. The van der Waals surface area contributed by atoms with Gasteiger partial charge >= 0.3 is 5.24 Å². The molecule has 0 bridgehead atoms. The number of carbonyl (C=O) groups excluding carboxylic acids is 1. The number of nitrogens with zero attached hydrogens (tertiary/aromatic N) is 3. The van der Waals surface area contributed by atoms with E-state index in [-0.39, 0.29) is 11.3 Å². The molecular weight excluding hydrogens is 370 g/mol. The number of benzene rings is 2. The SMILES string of the molecule is COc1ccc(C2=NN(C3=NC(=O)SC3)C(c3ccc(Cl)cc3)C2)cc1. The van der Waals surface area contributed by atoms with Gasteiger partial charge in [-0.05, 0) is 47.5 Å². The molecule has 7 heteroatoms. The highest BCUT2D eigenvalue weighted by Crippen LogP contribution is 2.35. The minimum Gasteiger partial charge on any atom is -0.497 e. The fourth-order valence-electron chi connectivity index (χ4n) is 3.06. The summed E-state index contributed by atoms with van der Waals surface area (Å²) in [7, 11) is 1.65. The Labute approximate surface area is 160 Å². The van der Waals surface area contributed by atoms with Crippen LogP contribution in [0.3, 0.4) is 0 Å². The van der Waals surface area contributed by atoms with E-state index in [1.165, 1.54) is 11.8 Å². The number of aliphatic imine (C=N–C) groups is 1. The third-order valence-electron chi connectivity index (χ3n) is 4.40. The van der Waals surface area contributed by atoms with Crippen LogP contribution in [0.15, 0.2) is 58.6 Å². The van der Waals surface area contributed by atoms with Crippen molar-refractivity contribution in [1.29, 1.82) is 0 Å². The zero-order valence-corrected chi connectivity index (χ0v) is 15.6. The third-order valence-corrected chi connectivity index (χ3v) is 5.39. The fourth-order valence-corrected chi connectivity index (χ4v) is 3.81. The number of thioether (sulfide) groups is 1. The lowest BCUT2D eigenvalue weighted by Gasteiger charge is -2.23. The smallest absolute Gasteiger partial charge is 0.307 e. The first-order valence-corrected chi connectivity index (χ1v) is 9.51. The van der Waals surface area contributed by atoms with E-state index in [1.807, 2.05) is 53.5 Å². The van der Waals surface area contributed by atoms with Crippen LogP contribution in [-0.4, -0.2) is 34.7 Å². The lowest BCUT2D eigenvalue weighted by atomic mass is 9.98. The van der Waals surface area contributed by atoms with Crippen molar-refractivity contribution in [2.75, 3.05) is 12.9 Å². The molecule has 5 nitrogen and oxygen atoms in total. The number of ether oxygens (including phenoxy) is 1. The van der Waals surface area contributed by atoms with Crippen molar-refractivity contribution < 1.29 is 9.53 Å². The zero-order valence-electron chi connectivity index (χ0n) is 14.1. The van der Waals surface area contributed by atoms with Crippen molar-refractivity contribution in [3.8, 4) is 5.75 Å². The maximum atomic E-state index is 11.6. The number of halogens is 1. The Morgan fingerprint density at radius 2 is 1.88 bits per heavy atom. The molecule has 1 unspecified atom stereocenters. The Balaban J connectivity index is 1.69. The van der Waals surface area contributed by atoms with Crippen LogP contribution in [0, 0.1) is 0 Å². The first kappa shape index (κ1) is 17.1. The van der Waals surface area contributed by atoms with Crippen LogP contribution >= 0.6 is 23.4 Å². The largest absolute Gasteiger partial charge is 0.497 e. The quantitative estimate of drug-likeness (QED) is 0.764. The lowest BCUT2D eigenvalue weighted by molar-refractivity contribution is 0.267. The van der Waals surface area contributed by atoms with Crippen LogP contribution in [0.2, 0.25) is 5.02 Å². The normalized spacial score (nSPS) is 19.5. The highest BCUT2D eigenvalue weighted by Gasteiger charge is 2.34. The van der Waals surface area contributed by atoms with E-state index in [4.69, 9.17) is 21.4 Å². The molecule has 26 heavy (non-hydrogen) atoms. The Morgan fingerprint density at radius 1 is 1.15 bits per heavy atom. The van der Waals surface area contributed by atoms with Crippen molar-refractivity contribution in [3.05, 3.63) is 64.7 Å². The summed E-state index contributed by atoms with van der Waals surface area (Å²) in [6.45, 7) is 0. The van der Waals surface area contributed by atoms with Gasteiger partial charge in [0.05, 0.1) is 24.6 Å². The predicted octanol–water partition coefficient (Wildman–Crippen LogP) is 4.77. The number of amides is 1. The van der Waals surface area contributed by atoms with Gasteiger partial charge in [0.1, 0.15) is 11.6 Å². The van der Waals surface area contributed by atoms with Crippen molar-refractivity contribution in [1.82, 2.24) is 5.01 Å². The highest BCUT2D eigenvalue weighted by atomic mass is 35.5. The minimum absolute atomic E-state index is 0.00498. The zero-order chi connectivity index (χ0) is 18.1. The second-order valence-corrected chi connectivity index (χ2v) is 7.34. The Bertz CT molecular complexity index is 894. The highest BCUT2D eigenvalue weighted by molar-refractivity contribution is 8.14. The first-order chi connectivity index (χ1) is 12.6. The number of carbonyl (C=O) groups is 1. The van der Waals surface area contributed by atoms with Gasteiger partial charge in [0, 0.05) is 11.4 Å². The van der Waals surface area contributed by atoms with E-state index in [0.717, 1.165) is 29.0 Å².